The van der Waals surface area contributed by atoms with Gasteiger partial charge in [-0.05, 0) is 25.2 Å². The normalized spacial score (nSPS) is 22.9. The minimum Gasteiger partial charge on any atom is -0.393 e. The Kier molecular flexibility index (Phi) is 3.61. The van der Waals surface area contributed by atoms with E-state index in [1.165, 1.54) is 0 Å². The molecule has 2 unspecified atom stereocenters. The maximum Gasteiger partial charge on any atom is 0.325 e. The molecule has 1 heterocycles. The molecule has 0 aromatic carbocycles. The summed E-state index contributed by atoms with van der Waals surface area (Å²) in [5, 5.41) is 12.0. The molecule has 0 saturated heterocycles. The molecule has 18 heavy (non-hydrogen) atoms. The van der Waals surface area contributed by atoms with Crippen LogP contribution in [0.1, 0.15) is 29.6 Å². The molecule has 1 aromatic heterocycles. The van der Waals surface area contributed by atoms with Crippen molar-refractivity contribution in [2.45, 2.75) is 25.4 Å². The summed E-state index contributed by atoms with van der Waals surface area (Å²) in [4.78, 5) is 38.1. The highest BCUT2D eigenvalue weighted by Gasteiger charge is 2.23. The van der Waals surface area contributed by atoms with E-state index in [1.807, 2.05) is 4.98 Å². The van der Waals surface area contributed by atoms with Crippen molar-refractivity contribution in [3.8, 4) is 0 Å². The monoisotopic (exact) mass is 253 g/mol. The predicted octanol–water partition coefficient (Wildman–Crippen LogP) is -1.05. The molecule has 98 valence electrons. The fraction of sp³-hybridized carbons (Fsp3) is 0.545. The molecule has 7 heteroatoms. The van der Waals surface area contributed by atoms with Gasteiger partial charge in [0.2, 0.25) is 0 Å². The number of nitrogens with one attached hydrogen (secondary N) is 3. The Morgan fingerprint density at radius 1 is 1.44 bits per heavy atom. The first-order valence-electron chi connectivity index (χ1n) is 5.84. The Balaban J connectivity index is 1.95. The van der Waals surface area contributed by atoms with Gasteiger partial charge in [-0.25, -0.2) is 4.79 Å². The highest BCUT2D eigenvalue weighted by atomic mass is 16.3. The summed E-state index contributed by atoms with van der Waals surface area (Å²) in [5.41, 5.74) is -1.47. The predicted molar refractivity (Wildman–Crippen MR) is 63.4 cm³/mol. The third kappa shape index (κ3) is 2.86. The number of amides is 1. The van der Waals surface area contributed by atoms with Crippen LogP contribution >= 0.6 is 0 Å². The van der Waals surface area contributed by atoms with Gasteiger partial charge in [-0.3, -0.25) is 14.6 Å². The van der Waals surface area contributed by atoms with Gasteiger partial charge < -0.3 is 15.4 Å². The summed E-state index contributed by atoms with van der Waals surface area (Å²) in [6.07, 6.45) is 3.09. The van der Waals surface area contributed by atoms with Gasteiger partial charge in [0.15, 0.2) is 0 Å². The molecule has 0 radical (unpaired) electrons. The maximum atomic E-state index is 11.7. The van der Waals surface area contributed by atoms with Crippen LogP contribution in [0, 0.1) is 5.92 Å². The Bertz CT molecular complexity index is 548. The summed E-state index contributed by atoms with van der Waals surface area (Å²) < 4.78 is 0. The van der Waals surface area contributed by atoms with E-state index in [2.05, 4.69) is 10.3 Å². The van der Waals surface area contributed by atoms with E-state index in [0.29, 0.717) is 13.0 Å². The van der Waals surface area contributed by atoms with E-state index in [9.17, 15) is 19.5 Å². The Labute approximate surface area is 102 Å². The molecule has 2 rings (SSSR count). The van der Waals surface area contributed by atoms with Gasteiger partial charge in [0.1, 0.15) is 5.56 Å². The van der Waals surface area contributed by atoms with Gasteiger partial charge in [-0.2, -0.15) is 0 Å². The van der Waals surface area contributed by atoms with Gasteiger partial charge >= 0.3 is 5.69 Å². The maximum absolute atomic E-state index is 11.7. The average molecular weight is 253 g/mol. The largest absolute Gasteiger partial charge is 0.393 e. The molecule has 1 fully saturated rings. The second-order valence-corrected chi connectivity index (χ2v) is 4.53. The van der Waals surface area contributed by atoms with E-state index < -0.39 is 17.2 Å². The zero-order valence-corrected chi connectivity index (χ0v) is 9.73. The SMILES string of the molecule is O=C(NCC1CCC(O)C1)c1c[nH]c(=O)[nH]c1=O. The van der Waals surface area contributed by atoms with Crippen molar-refractivity contribution in [1.82, 2.24) is 15.3 Å². The number of aliphatic hydroxyl groups is 1. The Hall–Kier alpha value is -1.89. The molecule has 0 spiro atoms. The highest BCUT2D eigenvalue weighted by molar-refractivity contribution is 5.93. The van der Waals surface area contributed by atoms with E-state index in [4.69, 9.17) is 0 Å². The molecule has 1 aliphatic carbocycles. The summed E-state index contributed by atoms with van der Waals surface area (Å²) >= 11 is 0. The van der Waals surface area contributed by atoms with Crippen molar-refractivity contribution in [2.75, 3.05) is 6.54 Å². The lowest BCUT2D eigenvalue weighted by Gasteiger charge is -2.10. The van der Waals surface area contributed by atoms with Gasteiger partial charge in [0.05, 0.1) is 6.10 Å². The van der Waals surface area contributed by atoms with Crippen molar-refractivity contribution in [1.29, 1.82) is 0 Å². The first-order chi connectivity index (χ1) is 8.56. The molecule has 1 amide bonds. The van der Waals surface area contributed by atoms with Crippen molar-refractivity contribution in [3.63, 3.8) is 0 Å². The zero-order valence-electron chi connectivity index (χ0n) is 9.73. The van der Waals surface area contributed by atoms with Crippen LogP contribution in [-0.2, 0) is 0 Å². The number of hydrogen-bond donors (Lipinski definition) is 4. The van der Waals surface area contributed by atoms with Crippen molar-refractivity contribution in [2.24, 2.45) is 5.92 Å². The lowest BCUT2D eigenvalue weighted by atomic mass is 10.1. The van der Waals surface area contributed by atoms with Crippen LogP contribution in [0.15, 0.2) is 15.8 Å². The van der Waals surface area contributed by atoms with E-state index >= 15 is 0 Å². The number of aromatic nitrogens is 2. The third-order valence-electron chi connectivity index (χ3n) is 3.13. The van der Waals surface area contributed by atoms with E-state index in [1.54, 1.807) is 0 Å². The second kappa shape index (κ2) is 5.18. The molecule has 4 N–H and O–H groups in total. The fourth-order valence-corrected chi connectivity index (χ4v) is 2.14. The lowest BCUT2D eigenvalue weighted by molar-refractivity contribution is 0.0943. The first kappa shape index (κ1) is 12.6. The number of H-pyrrole nitrogens is 2. The standard InChI is InChI=1S/C11H15N3O4/c15-7-2-1-6(3-7)4-12-9(16)8-5-13-11(18)14-10(8)17/h5-7,15H,1-4H2,(H,12,16)(H2,13,14,17,18). The summed E-state index contributed by atoms with van der Waals surface area (Å²) in [7, 11) is 0. The first-order valence-corrected chi connectivity index (χ1v) is 5.84. The number of aliphatic hydroxyl groups excluding tert-OH is 1. The summed E-state index contributed by atoms with van der Waals surface area (Å²) in [5.74, 6) is -0.278. The molecule has 1 saturated carbocycles. The second-order valence-electron chi connectivity index (χ2n) is 4.53. The number of hydrogen-bond acceptors (Lipinski definition) is 4. The number of carbonyl (C=O) groups excluding carboxylic acids is 1. The highest BCUT2D eigenvalue weighted by Crippen LogP contribution is 2.24. The molecule has 2 atom stereocenters. The van der Waals surface area contributed by atoms with Gasteiger partial charge in [0, 0.05) is 12.7 Å². The van der Waals surface area contributed by atoms with Crippen LogP contribution in [0.2, 0.25) is 0 Å². The quantitative estimate of drug-likeness (QED) is 0.550. The van der Waals surface area contributed by atoms with Crippen LogP contribution in [0.25, 0.3) is 0 Å². The Morgan fingerprint density at radius 2 is 2.22 bits per heavy atom. The van der Waals surface area contributed by atoms with Gasteiger partial charge in [-0.15, -0.1) is 0 Å². The topological polar surface area (TPSA) is 115 Å². The number of carbonyl (C=O) groups is 1. The number of aromatic amines is 2. The Morgan fingerprint density at radius 3 is 2.83 bits per heavy atom. The van der Waals surface area contributed by atoms with Crippen LogP contribution in [0.3, 0.4) is 0 Å². The van der Waals surface area contributed by atoms with Crippen molar-refractivity contribution >= 4 is 5.91 Å². The van der Waals surface area contributed by atoms with Gasteiger partial charge in [0.25, 0.3) is 11.5 Å². The fourth-order valence-electron chi connectivity index (χ4n) is 2.14. The summed E-state index contributed by atoms with van der Waals surface area (Å²) in [6.45, 7) is 0.425. The van der Waals surface area contributed by atoms with E-state index in [0.717, 1.165) is 19.0 Å². The minimum atomic E-state index is -0.706. The third-order valence-corrected chi connectivity index (χ3v) is 3.13. The molecular formula is C11H15N3O4. The van der Waals surface area contributed by atoms with Crippen LogP contribution in [-0.4, -0.2) is 33.6 Å². The minimum absolute atomic E-state index is 0.117. The molecule has 1 aliphatic rings. The van der Waals surface area contributed by atoms with Gasteiger partial charge in [-0.1, -0.05) is 0 Å². The molecular weight excluding hydrogens is 238 g/mol. The lowest BCUT2D eigenvalue weighted by Crippen LogP contribution is -2.35. The summed E-state index contributed by atoms with van der Waals surface area (Å²) in [6, 6.07) is 0. The molecule has 0 aliphatic heterocycles. The molecule has 7 nitrogen and oxygen atoms in total. The molecule has 1 aromatic rings. The van der Waals surface area contributed by atoms with Crippen molar-refractivity contribution in [3.05, 3.63) is 32.6 Å². The van der Waals surface area contributed by atoms with E-state index in [-0.39, 0.29) is 17.6 Å². The van der Waals surface area contributed by atoms with Crippen LogP contribution in [0.4, 0.5) is 0 Å². The van der Waals surface area contributed by atoms with Crippen LogP contribution < -0.4 is 16.6 Å². The molecule has 0 bridgehead atoms. The van der Waals surface area contributed by atoms with Crippen LogP contribution in [0.5, 0.6) is 0 Å². The zero-order chi connectivity index (χ0) is 13.1. The average Bonchev–Trinajstić information content (AvgIpc) is 2.72. The smallest absolute Gasteiger partial charge is 0.325 e. The number of rotatable bonds is 3. The van der Waals surface area contributed by atoms with Crippen molar-refractivity contribution < 1.29 is 9.90 Å².